The predicted octanol–water partition coefficient (Wildman–Crippen LogP) is 4.37. The van der Waals surface area contributed by atoms with Crippen molar-refractivity contribution in [2.75, 3.05) is 0 Å². The van der Waals surface area contributed by atoms with Crippen molar-refractivity contribution < 1.29 is 0 Å². The highest BCUT2D eigenvalue weighted by Gasteiger charge is 2.18. The number of aromatic nitrogens is 1. The fourth-order valence-corrected chi connectivity index (χ4v) is 3.64. The fourth-order valence-electron chi connectivity index (χ4n) is 3.47. The number of hydrogen-bond acceptors (Lipinski definition) is 1. The smallest absolute Gasteiger partial charge is 0.0498 e. The second-order valence-electron chi connectivity index (χ2n) is 6.30. The molecule has 2 nitrogen and oxygen atoms in total. The van der Waals surface area contributed by atoms with Crippen LogP contribution in [0.5, 0.6) is 0 Å². The van der Waals surface area contributed by atoms with Gasteiger partial charge in [-0.2, -0.15) is 0 Å². The standard InChI is InChI=1S/C17H23ClN2/c1-12(19)8-14-11-20(10-13-4-2-3-5-13)17-9-15(18)6-7-16(14)17/h6-7,9,11-13H,2-5,8,10,19H2,1H3. The van der Waals surface area contributed by atoms with E-state index in [1.807, 2.05) is 6.07 Å². The van der Waals surface area contributed by atoms with E-state index in [-0.39, 0.29) is 6.04 Å². The van der Waals surface area contributed by atoms with Crippen LogP contribution in [0, 0.1) is 5.92 Å². The molecule has 1 aromatic carbocycles. The molecular formula is C17H23ClN2. The summed E-state index contributed by atoms with van der Waals surface area (Å²) >= 11 is 6.18. The van der Waals surface area contributed by atoms with Crippen LogP contribution in [-0.4, -0.2) is 10.6 Å². The molecule has 0 spiro atoms. The van der Waals surface area contributed by atoms with Crippen molar-refractivity contribution >= 4 is 22.5 Å². The maximum Gasteiger partial charge on any atom is 0.0498 e. The van der Waals surface area contributed by atoms with Crippen LogP contribution < -0.4 is 5.73 Å². The average molecular weight is 291 g/mol. The molecule has 2 aromatic rings. The van der Waals surface area contributed by atoms with Crippen LogP contribution in [0.15, 0.2) is 24.4 Å². The Hall–Kier alpha value is -0.990. The van der Waals surface area contributed by atoms with Gasteiger partial charge in [-0.3, -0.25) is 0 Å². The van der Waals surface area contributed by atoms with Crippen LogP contribution in [0.25, 0.3) is 10.9 Å². The lowest BCUT2D eigenvalue weighted by Gasteiger charge is -2.11. The van der Waals surface area contributed by atoms with Crippen molar-refractivity contribution in [2.45, 2.75) is 51.6 Å². The highest BCUT2D eigenvalue weighted by atomic mass is 35.5. The zero-order chi connectivity index (χ0) is 14.1. The Bertz CT molecular complexity index is 594. The van der Waals surface area contributed by atoms with Crippen LogP contribution in [0.3, 0.4) is 0 Å². The SMILES string of the molecule is CC(N)Cc1cn(CC2CCCC2)c2cc(Cl)ccc12. The van der Waals surface area contributed by atoms with Gasteiger partial charge in [0.25, 0.3) is 0 Å². The summed E-state index contributed by atoms with van der Waals surface area (Å²) in [5.41, 5.74) is 8.60. The van der Waals surface area contributed by atoms with Gasteiger partial charge in [-0.15, -0.1) is 0 Å². The molecule has 1 unspecified atom stereocenters. The molecule has 1 aromatic heterocycles. The van der Waals surface area contributed by atoms with Crippen LogP contribution in [0.1, 0.15) is 38.2 Å². The number of fused-ring (bicyclic) bond motifs is 1. The van der Waals surface area contributed by atoms with Gasteiger partial charge in [0.15, 0.2) is 0 Å². The topological polar surface area (TPSA) is 30.9 Å². The molecule has 0 radical (unpaired) electrons. The van der Waals surface area contributed by atoms with E-state index in [0.717, 1.165) is 23.9 Å². The second-order valence-corrected chi connectivity index (χ2v) is 6.74. The lowest BCUT2D eigenvalue weighted by atomic mass is 10.1. The van der Waals surface area contributed by atoms with Crippen LogP contribution in [0.2, 0.25) is 5.02 Å². The first kappa shape index (κ1) is 14.0. The van der Waals surface area contributed by atoms with E-state index in [9.17, 15) is 0 Å². The van der Waals surface area contributed by atoms with Crippen LogP contribution in [0.4, 0.5) is 0 Å². The predicted molar refractivity (Wildman–Crippen MR) is 86.3 cm³/mol. The van der Waals surface area contributed by atoms with E-state index < -0.39 is 0 Å². The van der Waals surface area contributed by atoms with E-state index in [0.29, 0.717) is 0 Å². The largest absolute Gasteiger partial charge is 0.347 e. The lowest BCUT2D eigenvalue weighted by Crippen LogP contribution is -2.17. The molecule has 2 N–H and O–H groups in total. The van der Waals surface area contributed by atoms with Gasteiger partial charge in [-0.1, -0.05) is 30.5 Å². The van der Waals surface area contributed by atoms with Crippen molar-refractivity contribution in [3.8, 4) is 0 Å². The lowest BCUT2D eigenvalue weighted by molar-refractivity contribution is 0.465. The highest BCUT2D eigenvalue weighted by Crippen LogP contribution is 2.30. The summed E-state index contributed by atoms with van der Waals surface area (Å²) in [5.74, 6) is 0.827. The first-order valence-electron chi connectivity index (χ1n) is 7.66. The third kappa shape index (κ3) is 2.87. The number of nitrogens with two attached hydrogens (primary N) is 1. The van der Waals surface area contributed by atoms with Crippen molar-refractivity contribution in [2.24, 2.45) is 11.7 Å². The van der Waals surface area contributed by atoms with Gasteiger partial charge in [-0.05, 0) is 49.8 Å². The molecule has 1 atom stereocenters. The van der Waals surface area contributed by atoms with E-state index >= 15 is 0 Å². The molecule has 0 saturated heterocycles. The van der Waals surface area contributed by atoms with Gasteiger partial charge in [0, 0.05) is 34.7 Å². The molecule has 1 aliphatic rings. The Morgan fingerprint density at radius 3 is 2.80 bits per heavy atom. The molecule has 20 heavy (non-hydrogen) atoms. The molecule has 1 saturated carbocycles. The minimum Gasteiger partial charge on any atom is -0.347 e. The summed E-state index contributed by atoms with van der Waals surface area (Å²) in [6, 6.07) is 6.40. The van der Waals surface area contributed by atoms with Gasteiger partial charge >= 0.3 is 0 Å². The number of nitrogens with zero attached hydrogens (tertiary/aromatic N) is 1. The molecule has 3 heteroatoms. The minimum atomic E-state index is 0.191. The number of rotatable bonds is 4. The number of halogens is 1. The normalized spacial score (nSPS) is 17.9. The Morgan fingerprint density at radius 1 is 1.35 bits per heavy atom. The molecule has 1 aliphatic carbocycles. The Balaban J connectivity index is 1.98. The van der Waals surface area contributed by atoms with Crippen molar-refractivity contribution in [1.29, 1.82) is 0 Å². The Morgan fingerprint density at radius 2 is 2.10 bits per heavy atom. The van der Waals surface area contributed by atoms with Crippen molar-refractivity contribution in [3.05, 3.63) is 35.0 Å². The van der Waals surface area contributed by atoms with Crippen LogP contribution >= 0.6 is 11.6 Å². The highest BCUT2D eigenvalue weighted by molar-refractivity contribution is 6.31. The Kier molecular flexibility index (Phi) is 4.04. The summed E-state index contributed by atoms with van der Waals surface area (Å²) in [6.07, 6.45) is 8.72. The number of benzene rings is 1. The first-order valence-corrected chi connectivity index (χ1v) is 8.04. The molecule has 0 amide bonds. The van der Waals surface area contributed by atoms with E-state index in [2.05, 4.69) is 29.8 Å². The summed E-state index contributed by atoms with van der Waals surface area (Å²) in [4.78, 5) is 0. The third-order valence-electron chi connectivity index (χ3n) is 4.40. The summed E-state index contributed by atoms with van der Waals surface area (Å²) in [6.45, 7) is 3.19. The zero-order valence-electron chi connectivity index (χ0n) is 12.1. The van der Waals surface area contributed by atoms with E-state index in [1.165, 1.54) is 42.1 Å². The molecule has 1 fully saturated rings. The molecule has 108 valence electrons. The molecular weight excluding hydrogens is 268 g/mol. The number of hydrogen-bond donors (Lipinski definition) is 1. The maximum atomic E-state index is 6.18. The van der Waals surface area contributed by atoms with Gasteiger partial charge in [-0.25, -0.2) is 0 Å². The van der Waals surface area contributed by atoms with Gasteiger partial charge in [0.1, 0.15) is 0 Å². The molecule has 0 aliphatic heterocycles. The van der Waals surface area contributed by atoms with Crippen molar-refractivity contribution in [1.82, 2.24) is 4.57 Å². The summed E-state index contributed by atoms with van der Waals surface area (Å²) in [5, 5.41) is 2.13. The van der Waals surface area contributed by atoms with Gasteiger partial charge in [0.05, 0.1) is 0 Å². The van der Waals surface area contributed by atoms with E-state index in [1.54, 1.807) is 0 Å². The molecule has 3 rings (SSSR count). The van der Waals surface area contributed by atoms with E-state index in [4.69, 9.17) is 17.3 Å². The quantitative estimate of drug-likeness (QED) is 0.890. The third-order valence-corrected chi connectivity index (χ3v) is 4.63. The summed E-state index contributed by atoms with van der Waals surface area (Å²) < 4.78 is 2.40. The average Bonchev–Trinajstić information content (AvgIpc) is 2.99. The minimum absolute atomic E-state index is 0.191. The summed E-state index contributed by atoms with van der Waals surface area (Å²) in [7, 11) is 0. The Labute approximate surface area is 125 Å². The second kappa shape index (κ2) is 5.79. The molecule has 1 heterocycles. The van der Waals surface area contributed by atoms with Crippen molar-refractivity contribution in [3.63, 3.8) is 0 Å². The zero-order valence-corrected chi connectivity index (χ0v) is 12.9. The maximum absolute atomic E-state index is 6.18. The van der Waals surface area contributed by atoms with Gasteiger partial charge < -0.3 is 10.3 Å². The van der Waals surface area contributed by atoms with Crippen LogP contribution in [-0.2, 0) is 13.0 Å². The first-order chi connectivity index (χ1) is 9.63. The molecule has 0 bridgehead atoms. The fraction of sp³-hybridized carbons (Fsp3) is 0.529. The monoisotopic (exact) mass is 290 g/mol. The van der Waals surface area contributed by atoms with Gasteiger partial charge in [0.2, 0.25) is 0 Å².